The molecule has 0 aliphatic rings. The van der Waals surface area contributed by atoms with E-state index in [1.165, 1.54) is 12.8 Å². The lowest BCUT2D eigenvalue weighted by Gasteiger charge is -2.12. The maximum absolute atomic E-state index is 12.1. The predicted octanol–water partition coefficient (Wildman–Crippen LogP) is 3.05. The van der Waals surface area contributed by atoms with Crippen LogP contribution in [0.15, 0.2) is 24.3 Å². The molecule has 0 radical (unpaired) electrons. The van der Waals surface area contributed by atoms with Crippen LogP contribution in [0.4, 0.5) is 0 Å². The first-order valence-corrected chi connectivity index (χ1v) is 6.60. The van der Waals surface area contributed by atoms with Crippen LogP contribution >= 0.6 is 0 Å². The largest absolute Gasteiger partial charge is 0.497 e. The Kier molecular flexibility index (Phi) is 6.44. The summed E-state index contributed by atoms with van der Waals surface area (Å²) in [7, 11) is 1.62. The lowest BCUT2D eigenvalue weighted by Crippen LogP contribution is -2.34. The molecule has 0 saturated heterocycles. The van der Waals surface area contributed by atoms with E-state index < -0.39 is 0 Å². The number of unbranched alkanes of at least 4 members (excludes halogenated alkanes) is 2. The number of carbonyl (C=O) groups excluding carboxylic acids is 1. The van der Waals surface area contributed by atoms with Crippen molar-refractivity contribution in [1.82, 2.24) is 5.32 Å². The summed E-state index contributed by atoms with van der Waals surface area (Å²) in [6.07, 6.45) is 3.52. The van der Waals surface area contributed by atoms with Gasteiger partial charge in [-0.2, -0.15) is 0 Å². The SMILES string of the molecule is CCCCCNC(C)C(=O)c1ccc(OC)cc1. The molecule has 0 amide bonds. The van der Waals surface area contributed by atoms with Gasteiger partial charge in [0, 0.05) is 5.56 Å². The van der Waals surface area contributed by atoms with Gasteiger partial charge in [-0.05, 0) is 44.2 Å². The monoisotopic (exact) mass is 249 g/mol. The minimum Gasteiger partial charge on any atom is -0.497 e. The van der Waals surface area contributed by atoms with Crippen molar-refractivity contribution in [3.63, 3.8) is 0 Å². The van der Waals surface area contributed by atoms with Crippen LogP contribution in [-0.2, 0) is 0 Å². The zero-order valence-corrected chi connectivity index (χ0v) is 11.5. The lowest BCUT2D eigenvalue weighted by atomic mass is 10.1. The van der Waals surface area contributed by atoms with Gasteiger partial charge in [-0.1, -0.05) is 19.8 Å². The minimum atomic E-state index is -0.129. The van der Waals surface area contributed by atoms with Crippen LogP contribution in [0.3, 0.4) is 0 Å². The highest BCUT2D eigenvalue weighted by Crippen LogP contribution is 2.12. The Bertz CT molecular complexity index is 359. The molecule has 0 aliphatic carbocycles. The summed E-state index contributed by atoms with van der Waals surface area (Å²) in [4.78, 5) is 12.1. The van der Waals surface area contributed by atoms with Crippen LogP contribution in [0.2, 0.25) is 0 Å². The Hall–Kier alpha value is -1.35. The van der Waals surface area contributed by atoms with E-state index in [9.17, 15) is 4.79 Å². The number of methoxy groups -OCH3 is 1. The van der Waals surface area contributed by atoms with Gasteiger partial charge < -0.3 is 10.1 Å². The first kappa shape index (κ1) is 14.7. The Morgan fingerprint density at radius 2 is 1.94 bits per heavy atom. The first-order chi connectivity index (χ1) is 8.69. The Morgan fingerprint density at radius 3 is 2.50 bits per heavy atom. The van der Waals surface area contributed by atoms with Crippen LogP contribution in [0, 0.1) is 0 Å². The van der Waals surface area contributed by atoms with Gasteiger partial charge in [-0.15, -0.1) is 0 Å². The number of benzene rings is 1. The standard InChI is InChI=1S/C15H23NO2/c1-4-5-6-11-16-12(2)15(17)13-7-9-14(18-3)10-8-13/h7-10,12,16H,4-6,11H2,1-3H3. The van der Waals surface area contributed by atoms with Crippen molar-refractivity contribution in [2.75, 3.05) is 13.7 Å². The summed E-state index contributed by atoms with van der Waals surface area (Å²) < 4.78 is 5.07. The number of ether oxygens (including phenoxy) is 1. The molecule has 18 heavy (non-hydrogen) atoms. The van der Waals surface area contributed by atoms with Crippen LogP contribution in [0.1, 0.15) is 43.5 Å². The Balaban J connectivity index is 2.46. The van der Waals surface area contributed by atoms with E-state index in [-0.39, 0.29) is 11.8 Å². The molecule has 1 aromatic carbocycles. The van der Waals surface area contributed by atoms with E-state index in [2.05, 4.69) is 12.2 Å². The van der Waals surface area contributed by atoms with Gasteiger partial charge in [0.2, 0.25) is 0 Å². The van der Waals surface area contributed by atoms with Crippen molar-refractivity contribution in [1.29, 1.82) is 0 Å². The lowest BCUT2D eigenvalue weighted by molar-refractivity contribution is 0.0951. The zero-order chi connectivity index (χ0) is 13.4. The number of nitrogens with one attached hydrogen (secondary N) is 1. The van der Waals surface area contributed by atoms with E-state index in [4.69, 9.17) is 4.74 Å². The summed E-state index contributed by atoms with van der Waals surface area (Å²) >= 11 is 0. The zero-order valence-electron chi connectivity index (χ0n) is 11.5. The maximum Gasteiger partial charge on any atom is 0.179 e. The Morgan fingerprint density at radius 1 is 1.28 bits per heavy atom. The fourth-order valence-corrected chi connectivity index (χ4v) is 1.79. The molecule has 1 atom stereocenters. The van der Waals surface area contributed by atoms with E-state index >= 15 is 0 Å². The second-order valence-electron chi connectivity index (χ2n) is 4.48. The second kappa shape index (κ2) is 7.88. The van der Waals surface area contributed by atoms with E-state index in [0.29, 0.717) is 0 Å². The van der Waals surface area contributed by atoms with E-state index in [0.717, 1.165) is 24.3 Å². The Labute approximate surface area is 110 Å². The average molecular weight is 249 g/mol. The van der Waals surface area contributed by atoms with Crippen molar-refractivity contribution >= 4 is 5.78 Å². The van der Waals surface area contributed by atoms with Gasteiger partial charge in [0.1, 0.15) is 5.75 Å². The molecule has 0 bridgehead atoms. The molecule has 1 rings (SSSR count). The van der Waals surface area contributed by atoms with Crippen molar-refractivity contribution in [2.24, 2.45) is 0 Å². The summed E-state index contributed by atoms with van der Waals surface area (Å²) in [6.45, 7) is 4.99. The second-order valence-corrected chi connectivity index (χ2v) is 4.48. The predicted molar refractivity (Wildman–Crippen MR) is 74.3 cm³/mol. The van der Waals surface area contributed by atoms with Crippen LogP contribution in [0.5, 0.6) is 5.75 Å². The molecule has 3 heteroatoms. The third-order valence-corrected chi connectivity index (χ3v) is 3.00. The van der Waals surface area contributed by atoms with Gasteiger partial charge in [0.15, 0.2) is 5.78 Å². The number of carbonyl (C=O) groups is 1. The molecular formula is C15H23NO2. The summed E-state index contributed by atoms with van der Waals surface area (Å²) in [6, 6.07) is 7.13. The minimum absolute atomic E-state index is 0.129. The van der Waals surface area contributed by atoms with Crippen molar-refractivity contribution in [3.05, 3.63) is 29.8 Å². The van der Waals surface area contributed by atoms with Gasteiger partial charge in [0.05, 0.1) is 13.2 Å². The van der Waals surface area contributed by atoms with Gasteiger partial charge in [-0.3, -0.25) is 4.79 Å². The van der Waals surface area contributed by atoms with Gasteiger partial charge >= 0.3 is 0 Å². The highest BCUT2D eigenvalue weighted by Gasteiger charge is 2.13. The molecular weight excluding hydrogens is 226 g/mol. The van der Waals surface area contributed by atoms with Crippen molar-refractivity contribution in [2.45, 2.75) is 39.2 Å². The van der Waals surface area contributed by atoms with Crippen LogP contribution in [0.25, 0.3) is 0 Å². The van der Waals surface area contributed by atoms with E-state index in [1.54, 1.807) is 7.11 Å². The molecule has 0 heterocycles. The van der Waals surface area contributed by atoms with E-state index in [1.807, 2.05) is 31.2 Å². The molecule has 100 valence electrons. The number of Topliss-reactive ketones (excluding diaryl/α,β-unsaturated/α-hetero) is 1. The summed E-state index contributed by atoms with van der Waals surface area (Å²) in [5.74, 6) is 0.907. The molecule has 0 aromatic heterocycles. The molecule has 0 aliphatic heterocycles. The highest BCUT2D eigenvalue weighted by molar-refractivity contribution is 5.99. The molecule has 1 unspecified atom stereocenters. The van der Waals surface area contributed by atoms with Crippen molar-refractivity contribution in [3.8, 4) is 5.75 Å². The van der Waals surface area contributed by atoms with Crippen LogP contribution in [-0.4, -0.2) is 25.5 Å². The average Bonchev–Trinajstić information content (AvgIpc) is 2.42. The summed E-state index contributed by atoms with van der Waals surface area (Å²) in [5, 5.41) is 3.26. The maximum atomic E-state index is 12.1. The van der Waals surface area contributed by atoms with Gasteiger partial charge in [-0.25, -0.2) is 0 Å². The van der Waals surface area contributed by atoms with Crippen molar-refractivity contribution < 1.29 is 9.53 Å². The molecule has 0 spiro atoms. The first-order valence-electron chi connectivity index (χ1n) is 6.60. The fourth-order valence-electron chi connectivity index (χ4n) is 1.79. The topological polar surface area (TPSA) is 38.3 Å². The number of rotatable bonds is 8. The molecule has 3 nitrogen and oxygen atoms in total. The third-order valence-electron chi connectivity index (χ3n) is 3.00. The smallest absolute Gasteiger partial charge is 0.179 e. The van der Waals surface area contributed by atoms with Crippen LogP contribution < -0.4 is 10.1 Å². The molecule has 1 N–H and O–H groups in total. The third kappa shape index (κ3) is 4.49. The molecule has 0 fully saturated rings. The summed E-state index contributed by atoms with van der Waals surface area (Å²) in [5.41, 5.74) is 0.728. The number of ketones is 1. The fraction of sp³-hybridized carbons (Fsp3) is 0.533. The molecule has 1 aromatic rings. The highest BCUT2D eigenvalue weighted by atomic mass is 16.5. The quantitative estimate of drug-likeness (QED) is 0.568. The normalized spacial score (nSPS) is 12.2. The van der Waals surface area contributed by atoms with Gasteiger partial charge in [0.25, 0.3) is 0 Å². The number of hydrogen-bond acceptors (Lipinski definition) is 3. The number of hydrogen-bond donors (Lipinski definition) is 1. The molecule has 0 saturated carbocycles.